The zero-order valence-electron chi connectivity index (χ0n) is 8.67. The summed E-state index contributed by atoms with van der Waals surface area (Å²) in [5.41, 5.74) is 1.29. The van der Waals surface area contributed by atoms with Gasteiger partial charge in [0.05, 0.1) is 13.2 Å². The summed E-state index contributed by atoms with van der Waals surface area (Å²) in [5.74, 6) is 2.01. The molecule has 0 fully saturated rings. The first-order chi connectivity index (χ1) is 7.40. The molecule has 1 aliphatic rings. The second-order valence-electron chi connectivity index (χ2n) is 3.61. The van der Waals surface area contributed by atoms with E-state index in [1.807, 2.05) is 12.1 Å². The monoisotopic (exact) mass is 318 g/mol. The maximum Gasteiger partial charge on any atom is 0.122 e. The van der Waals surface area contributed by atoms with Gasteiger partial charge in [-0.15, -0.1) is 0 Å². The average molecular weight is 318 g/mol. The van der Waals surface area contributed by atoms with Crippen LogP contribution >= 0.6 is 22.6 Å². The quantitative estimate of drug-likeness (QED) is 0.482. The third kappa shape index (κ3) is 3.00. The minimum Gasteiger partial charge on any atom is -0.494 e. The molecular formula is C12H15IO2. The number of fused-ring (bicyclic) bond motifs is 1. The number of hydrogen-bond acceptors (Lipinski definition) is 2. The molecule has 1 aliphatic heterocycles. The minimum absolute atomic E-state index is 0.808. The fraction of sp³-hybridized carbons (Fsp3) is 0.500. The molecule has 0 saturated heterocycles. The van der Waals surface area contributed by atoms with E-state index in [2.05, 4.69) is 28.7 Å². The second kappa shape index (κ2) is 5.58. The molecule has 0 aliphatic carbocycles. The zero-order valence-corrected chi connectivity index (χ0v) is 10.8. The third-order valence-corrected chi connectivity index (χ3v) is 3.19. The number of halogens is 1. The highest BCUT2D eigenvalue weighted by atomic mass is 127. The van der Waals surface area contributed by atoms with Gasteiger partial charge in [0, 0.05) is 4.43 Å². The van der Waals surface area contributed by atoms with Crippen molar-refractivity contribution in [3.05, 3.63) is 23.8 Å². The minimum atomic E-state index is 0.808. The van der Waals surface area contributed by atoms with Gasteiger partial charge in [-0.3, -0.25) is 0 Å². The van der Waals surface area contributed by atoms with E-state index >= 15 is 0 Å². The lowest BCUT2D eigenvalue weighted by molar-refractivity contribution is 0.284. The van der Waals surface area contributed by atoms with Gasteiger partial charge in [0.25, 0.3) is 0 Å². The Labute approximate surface area is 104 Å². The number of benzene rings is 1. The van der Waals surface area contributed by atoms with Crippen LogP contribution in [-0.2, 0) is 6.42 Å². The van der Waals surface area contributed by atoms with E-state index in [1.54, 1.807) is 0 Å². The number of hydrogen-bond donors (Lipinski definition) is 0. The normalized spacial score (nSPS) is 14.2. The molecule has 2 nitrogen and oxygen atoms in total. The summed E-state index contributed by atoms with van der Waals surface area (Å²) in [7, 11) is 0. The van der Waals surface area contributed by atoms with Crippen LogP contribution in [0, 0.1) is 0 Å². The Morgan fingerprint density at radius 3 is 3.20 bits per heavy atom. The molecule has 0 aromatic heterocycles. The fourth-order valence-electron chi connectivity index (χ4n) is 1.67. The maximum absolute atomic E-state index is 5.65. The smallest absolute Gasteiger partial charge is 0.122 e. The van der Waals surface area contributed by atoms with Gasteiger partial charge in [-0.2, -0.15) is 0 Å². The van der Waals surface area contributed by atoms with Gasteiger partial charge in [0.15, 0.2) is 0 Å². The van der Waals surface area contributed by atoms with Crippen molar-refractivity contribution in [2.45, 2.75) is 19.3 Å². The van der Waals surface area contributed by atoms with E-state index in [0.29, 0.717) is 0 Å². The standard InChI is InChI=1S/C12H15IO2/c13-6-2-8-14-11-4-5-12-10(9-11)3-1-7-15-12/h4-5,9H,1-3,6-8H2. The molecule has 3 heteroatoms. The summed E-state index contributed by atoms with van der Waals surface area (Å²) >= 11 is 2.36. The van der Waals surface area contributed by atoms with Crippen LogP contribution in [0.5, 0.6) is 11.5 Å². The van der Waals surface area contributed by atoms with Gasteiger partial charge < -0.3 is 9.47 Å². The lowest BCUT2D eigenvalue weighted by Crippen LogP contribution is -2.08. The molecule has 0 amide bonds. The highest BCUT2D eigenvalue weighted by molar-refractivity contribution is 14.1. The number of aryl methyl sites for hydroxylation is 1. The molecular weight excluding hydrogens is 303 g/mol. The molecule has 1 aromatic rings. The molecule has 15 heavy (non-hydrogen) atoms. The maximum atomic E-state index is 5.65. The average Bonchev–Trinajstić information content (AvgIpc) is 2.29. The molecule has 0 radical (unpaired) electrons. The van der Waals surface area contributed by atoms with E-state index in [1.165, 1.54) is 5.56 Å². The van der Waals surface area contributed by atoms with E-state index in [0.717, 1.165) is 48.4 Å². The van der Waals surface area contributed by atoms with Crippen molar-refractivity contribution in [1.29, 1.82) is 0 Å². The van der Waals surface area contributed by atoms with Crippen molar-refractivity contribution in [2.24, 2.45) is 0 Å². The van der Waals surface area contributed by atoms with Crippen LogP contribution in [0.1, 0.15) is 18.4 Å². The van der Waals surface area contributed by atoms with Gasteiger partial charge in [-0.25, -0.2) is 0 Å². The molecule has 82 valence electrons. The van der Waals surface area contributed by atoms with Crippen LogP contribution in [0.4, 0.5) is 0 Å². The summed E-state index contributed by atoms with van der Waals surface area (Å²) in [6.45, 7) is 1.66. The predicted octanol–water partition coefficient (Wildman–Crippen LogP) is 3.22. The van der Waals surface area contributed by atoms with Crippen molar-refractivity contribution in [1.82, 2.24) is 0 Å². The van der Waals surface area contributed by atoms with Crippen molar-refractivity contribution < 1.29 is 9.47 Å². The van der Waals surface area contributed by atoms with Gasteiger partial charge in [0.2, 0.25) is 0 Å². The summed E-state index contributed by atoms with van der Waals surface area (Å²) in [6, 6.07) is 6.13. The van der Waals surface area contributed by atoms with Crippen molar-refractivity contribution in [2.75, 3.05) is 17.6 Å². The van der Waals surface area contributed by atoms with Crippen molar-refractivity contribution in [3.63, 3.8) is 0 Å². The number of ether oxygens (including phenoxy) is 2. The molecule has 0 unspecified atom stereocenters. The first-order valence-electron chi connectivity index (χ1n) is 5.34. The molecule has 2 rings (SSSR count). The molecule has 1 heterocycles. The third-order valence-electron chi connectivity index (χ3n) is 2.43. The highest BCUT2D eigenvalue weighted by Crippen LogP contribution is 2.28. The number of rotatable bonds is 4. The van der Waals surface area contributed by atoms with E-state index in [-0.39, 0.29) is 0 Å². The largest absolute Gasteiger partial charge is 0.494 e. The molecule has 0 N–H and O–H groups in total. The van der Waals surface area contributed by atoms with Crippen LogP contribution in [0.25, 0.3) is 0 Å². The molecule has 1 aromatic carbocycles. The molecule has 0 atom stereocenters. The van der Waals surface area contributed by atoms with Crippen LogP contribution < -0.4 is 9.47 Å². The van der Waals surface area contributed by atoms with Gasteiger partial charge in [-0.1, -0.05) is 22.6 Å². The van der Waals surface area contributed by atoms with Crippen LogP contribution in [0.15, 0.2) is 18.2 Å². The van der Waals surface area contributed by atoms with E-state index in [9.17, 15) is 0 Å². The van der Waals surface area contributed by atoms with Crippen LogP contribution in [-0.4, -0.2) is 17.6 Å². The first kappa shape index (κ1) is 11.0. The summed E-state index contributed by atoms with van der Waals surface area (Å²) in [4.78, 5) is 0. The number of alkyl halides is 1. The molecule has 0 saturated carbocycles. The van der Waals surface area contributed by atoms with Crippen molar-refractivity contribution >= 4 is 22.6 Å². The van der Waals surface area contributed by atoms with E-state index in [4.69, 9.17) is 9.47 Å². The Kier molecular flexibility index (Phi) is 4.11. The predicted molar refractivity (Wildman–Crippen MR) is 69.3 cm³/mol. The van der Waals surface area contributed by atoms with Gasteiger partial charge in [0.1, 0.15) is 11.5 Å². The Morgan fingerprint density at radius 2 is 2.33 bits per heavy atom. The summed E-state index contributed by atoms with van der Waals surface area (Å²) in [6.07, 6.45) is 3.33. The lowest BCUT2D eigenvalue weighted by Gasteiger charge is -2.17. The van der Waals surface area contributed by atoms with Crippen molar-refractivity contribution in [3.8, 4) is 11.5 Å². The Bertz CT molecular complexity index is 325. The van der Waals surface area contributed by atoms with Crippen LogP contribution in [0.2, 0.25) is 0 Å². The zero-order chi connectivity index (χ0) is 10.5. The Hall–Kier alpha value is -0.450. The first-order valence-corrected chi connectivity index (χ1v) is 6.87. The SMILES string of the molecule is ICCCOc1ccc2c(c1)CCCO2. The fourth-order valence-corrected chi connectivity index (χ4v) is 1.98. The topological polar surface area (TPSA) is 18.5 Å². The lowest BCUT2D eigenvalue weighted by atomic mass is 10.1. The second-order valence-corrected chi connectivity index (χ2v) is 4.69. The highest BCUT2D eigenvalue weighted by Gasteiger charge is 2.10. The Balaban J connectivity index is 2.00. The van der Waals surface area contributed by atoms with E-state index < -0.39 is 0 Å². The molecule has 0 bridgehead atoms. The van der Waals surface area contributed by atoms with Crippen LogP contribution in [0.3, 0.4) is 0 Å². The summed E-state index contributed by atoms with van der Waals surface area (Å²) in [5, 5.41) is 0. The molecule has 0 spiro atoms. The summed E-state index contributed by atoms with van der Waals surface area (Å²) < 4.78 is 12.3. The van der Waals surface area contributed by atoms with Gasteiger partial charge in [-0.05, 0) is 43.0 Å². The van der Waals surface area contributed by atoms with Gasteiger partial charge >= 0.3 is 0 Å². The Morgan fingerprint density at radius 1 is 1.40 bits per heavy atom.